The van der Waals surface area contributed by atoms with Crippen LogP contribution in [0.1, 0.15) is 43.9 Å². The lowest BCUT2D eigenvalue weighted by Crippen LogP contribution is -2.45. The molecule has 1 aromatic rings. The van der Waals surface area contributed by atoms with Gasteiger partial charge in [-0.2, -0.15) is 4.98 Å². The molecule has 0 amide bonds. The quantitative estimate of drug-likeness (QED) is 0.900. The number of anilines is 1. The molecule has 2 saturated heterocycles. The zero-order valence-electron chi connectivity index (χ0n) is 11.1. The minimum absolute atomic E-state index is 0. The molecule has 1 atom stereocenters. The van der Waals surface area contributed by atoms with Gasteiger partial charge in [-0.15, -0.1) is 12.4 Å². The van der Waals surface area contributed by atoms with Crippen molar-refractivity contribution in [2.45, 2.75) is 38.0 Å². The van der Waals surface area contributed by atoms with Crippen LogP contribution < -0.4 is 10.2 Å². The van der Waals surface area contributed by atoms with Crippen LogP contribution in [-0.4, -0.2) is 36.3 Å². The summed E-state index contributed by atoms with van der Waals surface area (Å²) in [6, 6.07) is 0. The molecule has 19 heavy (non-hydrogen) atoms. The van der Waals surface area contributed by atoms with Crippen molar-refractivity contribution in [1.82, 2.24) is 15.5 Å². The number of hydrogen-bond donors (Lipinski definition) is 1. The standard InChI is InChI=1S/C13H20N4O.ClH/c1-4-13(5-6-14-8-13)9-17(7-1)12-15-11(18-16-12)10-2-3-10;/h10,14H,1-9H2;1H. The van der Waals surface area contributed by atoms with Gasteiger partial charge in [0.25, 0.3) is 5.95 Å². The second-order valence-electron chi connectivity index (χ2n) is 6.16. The molecule has 1 spiro atoms. The summed E-state index contributed by atoms with van der Waals surface area (Å²) in [6.07, 6.45) is 6.31. The van der Waals surface area contributed by atoms with Gasteiger partial charge < -0.3 is 14.7 Å². The number of nitrogens with one attached hydrogen (secondary N) is 1. The Bertz CT molecular complexity index is 440. The number of aromatic nitrogens is 2. The predicted molar refractivity (Wildman–Crippen MR) is 74.9 cm³/mol. The zero-order chi connectivity index (χ0) is 12.0. The number of piperidine rings is 1. The summed E-state index contributed by atoms with van der Waals surface area (Å²) in [6.45, 7) is 4.47. The molecule has 1 aliphatic carbocycles. The Morgan fingerprint density at radius 3 is 2.95 bits per heavy atom. The van der Waals surface area contributed by atoms with E-state index in [2.05, 4.69) is 20.4 Å². The maximum atomic E-state index is 5.37. The van der Waals surface area contributed by atoms with Crippen LogP contribution in [0.3, 0.4) is 0 Å². The fourth-order valence-corrected chi connectivity index (χ4v) is 3.37. The molecule has 1 saturated carbocycles. The molecule has 1 aromatic heterocycles. The van der Waals surface area contributed by atoms with Gasteiger partial charge in [0.1, 0.15) is 0 Å². The minimum Gasteiger partial charge on any atom is -0.338 e. The van der Waals surface area contributed by atoms with Crippen molar-refractivity contribution >= 4 is 18.4 Å². The van der Waals surface area contributed by atoms with E-state index < -0.39 is 0 Å². The van der Waals surface area contributed by atoms with Gasteiger partial charge in [-0.1, -0.05) is 0 Å². The third-order valence-electron chi connectivity index (χ3n) is 4.63. The third-order valence-corrected chi connectivity index (χ3v) is 4.63. The van der Waals surface area contributed by atoms with Gasteiger partial charge in [0.15, 0.2) is 0 Å². The first-order valence-corrected chi connectivity index (χ1v) is 7.14. The van der Waals surface area contributed by atoms with Crippen LogP contribution in [0, 0.1) is 5.41 Å². The number of halogens is 1. The zero-order valence-corrected chi connectivity index (χ0v) is 11.9. The number of nitrogens with zero attached hydrogens (tertiary/aromatic N) is 3. The fourth-order valence-electron chi connectivity index (χ4n) is 3.37. The van der Waals surface area contributed by atoms with Gasteiger partial charge in [0.2, 0.25) is 5.89 Å². The van der Waals surface area contributed by atoms with Crippen LogP contribution in [0.4, 0.5) is 5.95 Å². The van der Waals surface area contributed by atoms with Crippen molar-refractivity contribution in [2.75, 3.05) is 31.1 Å². The van der Waals surface area contributed by atoms with E-state index in [1.807, 2.05) is 0 Å². The second kappa shape index (κ2) is 4.94. The topological polar surface area (TPSA) is 54.2 Å². The molecule has 0 radical (unpaired) electrons. The summed E-state index contributed by atoms with van der Waals surface area (Å²) in [5.74, 6) is 2.23. The van der Waals surface area contributed by atoms with E-state index in [-0.39, 0.29) is 12.4 Å². The highest BCUT2D eigenvalue weighted by Crippen LogP contribution is 2.40. The molecular formula is C13H21ClN4O. The Balaban J connectivity index is 0.00000110. The highest BCUT2D eigenvalue weighted by molar-refractivity contribution is 5.85. The van der Waals surface area contributed by atoms with E-state index in [0.717, 1.165) is 38.0 Å². The molecule has 0 aromatic carbocycles. The highest BCUT2D eigenvalue weighted by Gasteiger charge is 2.39. The minimum atomic E-state index is 0. The van der Waals surface area contributed by atoms with Gasteiger partial charge in [0, 0.05) is 31.0 Å². The van der Waals surface area contributed by atoms with Crippen molar-refractivity contribution in [1.29, 1.82) is 0 Å². The maximum absolute atomic E-state index is 5.37. The average molecular weight is 285 g/mol. The number of rotatable bonds is 2. The van der Waals surface area contributed by atoms with Crippen LogP contribution >= 0.6 is 12.4 Å². The molecule has 5 nitrogen and oxygen atoms in total. The molecule has 3 aliphatic rings. The molecule has 3 heterocycles. The SMILES string of the molecule is C1CN(c2noc(C3CC3)n2)CC2(C1)CCNC2.Cl. The van der Waals surface area contributed by atoms with Gasteiger partial charge in [0.05, 0.1) is 0 Å². The Kier molecular flexibility index (Phi) is 3.43. The van der Waals surface area contributed by atoms with E-state index in [1.165, 1.54) is 32.1 Å². The van der Waals surface area contributed by atoms with Gasteiger partial charge >= 0.3 is 0 Å². The first-order chi connectivity index (χ1) is 8.85. The lowest BCUT2D eigenvalue weighted by Gasteiger charge is -2.39. The Hall–Kier alpha value is -0.810. The average Bonchev–Trinajstić information content (AvgIpc) is 2.96. The smallest absolute Gasteiger partial charge is 0.266 e. The van der Waals surface area contributed by atoms with Crippen molar-refractivity contribution in [3.8, 4) is 0 Å². The van der Waals surface area contributed by atoms with E-state index in [1.54, 1.807) is 0 Å². The summed E-state index contributed by atoms with van der Waals surface area (Å²) >= 11 is 0. The molecule has 0 bridgehead atoms. The molecular weight excluding hydrogens is 264 g/mol. The van der Waals surface area contributed by atoms with E-state index in [4.69, 9.17) is 4.52 Å². The molecule has 1 unspecified atom stereocenters. The van der Waals surface area contributed by atoms with E-state index in [9.17, 15) is 0 Å². The normalized spacial score (nSPS) is 30.6. The molecule has 1 N–H and O–H groups in total. The van der Waals surface area contributed by atoms with Gasteiger partial charge in [-0.25, -0.2) is 0 Å². The Labute approximate surface area is 119 Å². The molecule has 4 rings (SSSR count). The van der Waals surface area contributed by atoms with Crippen LogP contribution in [0.5, 0.6) is 0 Å². The van der Waals surface area contributed by atoms with Gasteiger partial charge in [-0.05, 0) is 43.8 Å². The Morgan fingerprint density at radius 1 is 1.32 bits per heavy atom. The van der Waals surface area contributed by atoms with Crippen molar-refractivity contribution in [2.24, 2.45) is 5.41 Å². The van der Waals surface area contributed by atoms with Crippen molar-refractivity contribution < 1.29 is 4.52 Å². The molecule has 106 valence electrons. The number of hydrogen-bond acceptors (Lipinski definition) is 5. The molecule has 6 heteroatoms. The summed E-state index contributed by atoms with van der Waals surface area (Å²) in [5.41, 5.74) is 0.457. The lowest BCUT2D eigenvalue weighted by atomic mass is 9.79. The predicted octanol–water partition coefficient (Wildman–Crippen LogP) is 1.95. The van der Waals surface area contributed by atoms with Crippen LogP contribution in [0.25, 0.3) is 0 Å². The summed E-state index contributed by atoms with van der Waals surface area (Å²) in [5, 5.41) is 7.67. The fraction of sp³-hybridized carbons (Fsp3) is 0.846. The van der Waals surface area contributed by atoms with E-state index in [0.29, 0.717) is 11.3 Å². The monoisotopic (exact) mass is 284 g/mol. The van der Waals surface area contributed by atoms with Crippen LogP contribution in [0.2, 0.25) is 0 Å². The van der Waals surface area contributed by atoms with Crippen molar-refractivity contribution in [3.63, 3.8) is 0 Å². The molecule has 3 fully saturated rings. The summed E-state index contributed by atoms with van der Waals surface area (Å²) in [7, 11) is 0. The molecule has 2 aliphatic heterocycles. The van der Waals surface area contributed by atoms with Crippen LogP contribution in [-0.2, 0) is 0 Å². The van der Waals surface area contributed by atoms with Crippen molar-refractivity contribution in [3.05, 3.63) is 5.89 Å². The Morgan fingerprint density at radius 2 is 2.21 bits per heavy atom. The first kappa shape index (κ1) is 13.2. The second-order valence-corrected chi connectivity index (χ2v) is 6.16. The maximum Gasteiger partial charge on any atom is 0.266 e. The van der Waals surface area contributed by atoms with E-state index >= 15 is 0 Å². The third kappa shape index (κ3) is 2.46. The van der Waals surface area contributed by atoms with Crippen LogP contribution in [0.15, 0.2) is 4.52 Å². The first-order valence-electron chi connectivity index (χ1n) is 7.14. The largest absolute Gasteiger partial charge is 0.338 e. The highest BCUT2D eigenvalue weighted by atomic mass is 35.5. The summed E-state index contributed by atoms with van der Waals surface area (Å²) < 4.78 is 5.37. The lowest BCUT2D eigenvalue weighted by molar-refractivity contribution is 0.257. The van der Waals surface area contributed by atoms with Gasteiger partial charge in [-0.3, -0.25) is 0 Å². The summed E-state index contributed by atoms with van der Waals surface area (Å²) in [4.78, 5) is 6.90.